The zero-order chi connectivity index (χ0) is 36.3. The van der Waals surface area contributed by atoms with Gasteiger partial charge in [0.05, 0.1) is 53.4 Å². The molecule has 1 amide bonds. The molecule has 0 saturated carbocycles. The molecule has 1 N–H and O–H groups in total. The van der Waals surface area contributed by atoms with E-state index in [9.17, 15) is 23.2 Å². The predicted molar refractivity (Wildman–Crippen MR) is 185 cm³/mol. The molecule has 4 bridgehead atoms. The standard InChI is InChI=1S/C36H32F3N11O2/c1-19-42-28-13-21(38)11-24-27-5-4-6-31(44-27)43-22-14-30(36(51)47(2)17-23(52-3)18-48(19)33(24)28)49(16-22)34-25-15-41-50(29-8-7-20(37)12-26(29)39)35(25)46-32(45-34)9-10-40/h4-8,11-13,15,22-23,30H,9,14,16-18H2,1-3H3,(H,43,44)/t22-,23-,30-/m0/s1. The Morgan fingerprint density at radius 2 is 1.87 bits per heavy atom. The quantitative estimate of drug-likeness (QED) is 0.277. The van der Waals surface area contributed by atoms with Crippen molar-refractivity contribution in [1.82, 2.24) is 39.2 Å². The summed E-state index contributed by atoms with van der Waals surface area (Å²) in [7, 11) is 3.29. The molecule has 0 aliphatic carbocycles. The Morgan fingerprint density at radius 1 is 1.02 bits per heavy atom. The van der Waals surface area contributed by atoms with E-state index in [0.29, 0.717) is 58.1 Å². The first-order valence-corrected chi connectivity index (χ1v) is 16.6. The van der Waals surface area contributed by atoms with Crippen LogP contribution in [0.3, 0.4) is 0 Å². The van der Waals surface area contributed by atoms with Crippen LogP contribution < -0.4 is 10.2 Å². The summed E-state index contributed by atoms with van der Waals surface area (Å²) in [5.74, 6) is -0.573. The normalized spacial score (nSPS) is 19.1. The molecule has 8 rings (SSSR count). The molecular weight excluding hydrogens is 675 g/mol. The van der Waals surface area contributed by atoms with Crippen LogP contribution >= 0.6 is 0 Å². The second kappa shape index (κ2) is 12.9. The number of likely N-dealkylation sites (N-methyl/N-ethyl adjacent to an activating group) is 1. The average molecular weight is 708 g/mol. The third kappa shape index (κ3) is 5.72. The molecular formula is C36H32F3N11O2. The van der Waals surface area contributed by atoms with Gasteiger partial charge in [0.1, 0.15) is 46.6 Å². The Bertz CT molecular complexity index is 2420. The van der Waals surface area contributed by atoms with Gasteiger partial charge in [-0.15, -0.1) is 0 Å². The van der Waals surface area contributed by atoms with Crippen molar-refractivity contribution >= 4 is 39.6 Å². The van der Waals surface area contributed by atoms with E-state index in [1.54, 1.807) is 19.1 Å². The summed E-state index contributed by atoms with van der Waals surface area (Å²) >= 11 is 0. The lowest BCUT2D eigenvalue weighted by molar-refractivity contribution is -0.132. The van der Waals surface area contributed by atoms with Crippen LogP contribution in [0.25, 0.3) is 39.0 Å². The van der Waals surface area contributed by atoms with E-state index >= 15 is 0 Å². The van der Waals surface area contributed by atoms with Gasteiger partial charge >= 0.3 is 0 Å². The summed E-state index contributed by atoms with van der Waals surface area (Å²) in [6, 6.07) is 12.4. The number of nitriles is 1. The molecule has 2 aromatic carbocycles. The fourth-order valence-corrected chi connectivity index (χ4v) is 7.25. The number of halogens is 3. The van der Waals surface area contributed by atoms with E-state index in [1.807, 2.05) is 34.6 Å². The Kier molecular flexibility index (Phi) is 8.22. The SMILES string of the molecule is CO[C@H]1CN(C)C(=O)[C@@H]2C[C@@H](CN2c2nc(CC#N)nc3c2cnn3-c2ccc(F)cc2F)Nc2cccc(n2)-c2cc(F)cc3nc(C)n(c23)C1. The van der Waals surface area contributed by atoms with Gasteiger partial charge in [-0.25, -0.2) is 37.8 Å². The number of aromatic nitrogens is 7. The van der Waals surface area contributed by atoms with Crippen LogP contribution in [-0.2, 0) is 22.5 Å². The number of methoxy groups -OCH3 is 1. The van der Waals surface area contributed by atoms with Crippen molar-refractivity contribution in [3.63, 3.8) is 0 Å². The lowest BCUT2D eigenvalue weighted by Crippen LogP contribution is -2.47. The van der Waals surface area contributed by atoms with Gasteiger partial charge in [-0.3, -0.25) is 4.79 Å². The van der Waals surface area contributed by atoms with Gasteiger partial charge in [-0.1, -0.05) is 6.07 Å². The number of rotatable bonds is 4. The number of benzene rings is 2. The van der Waals surface area contributed by atoms with Crippen molar-refractivity contribution in [1.29, 1.82) is 5.26 Å². The number of anilines is 2. The third-order valence-corrected chi connectivity index (χ3v) is 9.64. The van der Waals surface area contributed by atoms with Gasteiger partial charge in [0, 0.05) is 51.0 Å². The first-order chi connectivity index (χ1) is 25.1. The molecule has 2 aliphatic heterocycles. The highest BCUT2D eigenvalue weighted by molar-refractivity contribution is 5.94. The summed E-state index contributed by atoms with van der Waals surface area (Å²) in [4.78, 5) is 36.7. The zero-order valence-corrected chi connectivity index (χ0v) is 28.4. The second-order valence-electron chi connectivity index (χ2n) is 13.0. The summed E-state index contributed by atoms with van der Waals surface area (Å²) in [5.41, 5.74) is 2.47. The number of pyridine rings is 1. The van der Waals surface area contributed by atoms with Gasteiger partial charge < -0.3 is 24.4 Å². The molecule has 4 aromatic heterocycles. The molecule has 52 heavy (non-hydrogen) atoms. The highest BCUT2D eigenvalue weighted by Crippen LogP contribution is 2.35. The van der Waals surface area contributed by atoms with Gasteiger partial charge in [0.2, 0.25) is 5.91 Å². The van der Waals surface area contributed by atoms with E-state index in [2.05, 4.69) is 26.5 Å². The number of carbonyl (C=O) groups excluding carboxylic acids is 1. The van der Waals surface area contributed by atoms with Crippen LogP contribution in [0.4, 0.5) is 24.8 Å². The van der Waals surface area contributed by atoms with Crippen molar-refractivity contribution in [2.45, 2.75) is 44.5 Å². The molecule has 0 unspecified atom stereocenters. The number of ether oxygens (including phenoxy) is 1. The lowest BCUT2D eigenvalue weighted by Gasteiger charge is -2.31. The number of hydrogen-bond donors (Lipinski definition) is 1. The Morgan fingerprint density at radius 3 is 2.65 bits per heavy atom. The molecule has 2 aliphatic rings. The van der Waals surface area contributed by atoms with Gasteiger partial charge in [0.15, 0.2) is 11.5 Å². The van der Waals surface area contributed by atoms with Crippen molar-refractivity contribution in [2.75, 3.05) is 37.5 Å². The van der Waals surface area contributed by atoms with Crippen LogP contribution in [0.2, 0.25) is 0 Å². The molecule has 6 heterocycles. The van der Waals surface area contributed by atoms with Crippen LogP contribution in [0.5, 0.6) is 0 Å². The smallest absolute Gasteiger partial charge is 0.245 e. The molecule has 1 saturated heterocycles. The van der Waals surface area contributed by atoms with Crippen molar-refractivity contribution < 1.29 is 22.7 Å². The van der Waals surface area contributed by atoms with E-state index in [4.69, 9.17) is 14.7 Å². The van der Waals surface area contributed by atoms with Crippen LogP contribution in [0.1, 0.15) is 18.1 Å². The van der Waals surface area contributed by atoms with Gasteiger partial charge in [0.25, 0.3) is 0 Å². The minimum atomic E-state index is -0.848. The van der Waals surface area contributed by atoms with E-state index < -0.39 is 29.6 Å². The number of nitrogens with one attached hydrogen (secondary N) is 1. The van der Waals surface area contributed by atoms with Crippen molar-refractivity contribution in [3.05, 3.63) is 83.8 Å². The minimum absolute atomic E-state index is 0.0397. The predicted octanol–water partition coefficient (Wildman–Crippen LogP) is 4.57. The maximum absolute atomic E-state index is 15.0. The number of amides is 1. The Labute approximate surface area is 295 Å². The fraction of sp³-hybridized carbons (Fsp3) is 0.306. The molecule has 1 fully saturated rings. The van der Waals surface area contributed by atoms with E-state index in [0.717, 1.165) is 12.1 Å². The third-order valence-electron chi connectivity index (χ3n) is 9.64. The molecule has 16 heteroatoms. The summed E-state index contributed by atoms with van der Waals surface area (Å²) in [5, 5.41) is 17.9. The average Bonchev–Trinajstić information content (AvgIpc) is 3.82. The van der Waals surface area contributed by atoms with E-state index in [1.165, 1.54) is 29.1 Å². The highest BCUT2D eigenvalue weighted by atomic mass is 19.1. The molecule has 3 atom stereocenters. The number of carbonyl (C=O) groups is 1. The van der Waals surface area contributed by atoms with E-state index in [-0.39, 0.29) is 48.6 Å². The van der Waals surface area contributed by atoms with Gasteiger partial charge in [-0.2, -0.15) is 10.4 Å². The van der Waals surface area contributed by atoms with Crippen molar-refractivity contribution in [2.24, 2.45) is 0 Å². The topological polar surface area (TPSA) is 143 Å². The Hall–Kier alpha value is -6.08. The second-order valence-corrected chi connectivity index (χ2v) is 13.0. The van der Waals surface area contributed by atoms with Crippen LogP contribution in [0.15, 0.2) is 54.7 Å². The maximum Gasteiger partial charge on any atom is 0.245 e. The van der Waals surface area contributed by atoms with Crippen LogP contribution in [0, 0.1) is 35.7 Å². The first-order valence-electron chi connectivity index (χ1n) is 16.6. The monoisotopic (exact) mass is 707 g/mol. The lowest BCUT2D eigenvalue weighted by atomic mass is 10.1. The summed E-state index contributed by atoms with van der Waals surface area (Å²) in [6.45, 7) is 2.68. The van der Waals surface area contributed by atoms with Crippen LogP contribution in [-0.4, -0.2) is 90.5 Å². The molecule has 6 aromatic rings. The fourth-order valence-electron chi connectivity index (χ4n) is 7.25. The maximum atomic E-state index is 15.0. The number of hydrogen-bond acceptors (Lipinski definition) is 10. The zero-order valence-electron chi connectivity index (χ0n) is 28.4. The van der Waals surface area contributed by atoms with Crippen molar-refractivity contribution in [3.8, 4) is 23.0 Å². The highest BCUT2D eigenvalue weighted by Gasteiger charge is 2.41. The number of fused-ring (bicyclic) bond motifs is 6. The minimum Gasteiger partial charge on any atom is -0.378 e. The number of imidazole rings is 1. The number of aryl methyl sites for hydroxylation is 1. The first kappa shape index (κ1) is 33.1. The summed E-state index contributed by atoms with van der Waals surface area (Å²) < 4.78 is 52.9. The number of nitrogens with zero attached hydrogens (tertiary/aromatic N) is 10. The Balaban J connectivity index is 1.25. The molecule has 0 radical (unpaired) electrons. The largest absolute Gasteiger partial charge is 0.378 e. The molecule has 0 spiro atoms. The summed E-state index contributed by atoms with van der Waals surface area (Å²) in [6.07, 6.45) is 1.19. The molecule has 13 nitrogen and oxygen atoms in total. The molecule has 264 valence electrons. The van der Waals surface area contributed by atoms with Gasteiger partial charge in [-0.05, 0) is 43.7 Å².